The Bertz CT molecular complexity index is 946. The van der Waals surface area contributed by atoms with Crippen molar-refractivity contribution in [1.82, 2.24) is 4.72 Å². The Kier molecular flexibility index (Phi) is 6.72. The molecule has 0 atom stereocenters. The molecule has 0 amide bonds. The molecule has 27 heavy (non-hydrogen) atoms. The van der Waals surface area contributed by atoms with E-state index < -0.39 is 20.9 Å². The van der Waals surface area contributed by atoms with Crippen molar-refractivity contribution in [2.45, 2.75) is 11.3 Å². The van der Waals surface area contributed by atoms with Gasteiger partial charge in [0, 0.05) is 23.7 Å². The van der Waals surface area contributed by atoms with Gasteiger partial charge in [0.15, 0.2) is 5.75 Å². The van der Waals surface area contributed by atoms with Gasteiger partial charge >= 0.3 is 11.7 Å². The molecule has 0 heterocycles. The summed E-state index contributed by atoms with van der Waals surface area (Å²) in [6.07, 6.45) is 0.210. The molecule has 9 nitrogen and oxygen atoms in total. The predicted molar refractivity (Wildman–Crippen MR) is 96.8 cm³/mol. The second-order valence-electron chi connectivity index (χ2n) is 5.30. The zero-order valence-electron chi connectivity index (χ0n) is 13.8. The third kappa shape index (κ3) is 5.64. The molecule has 0 aliphatic rings. The van der Waals surface area contributed by atoms with Crippen LogP contribution >= 0.6 is 11.6 Å². The molecule has 0 aliphatic heterocycles. The van der Waals surface area contributed by atoms with Gasteiger partial charge in [-0.1, -0.05) is 11.6 Å². The average molecular weight is 415 g/mol. The first kappa shape index (κ1) is 20.6. The van der Waals surface area contributed by atoms with Crippen LogP contribution in [0.2, 0.25) is 5.02 Å². The van der Waals surface area contributed by atoms with E-state index >= 15 is 0 Å². The molecule has 0 fully saturated rings. The standard InChI is InChI=1S/C16H15ClN2O7S/c17-12-3-5-13(6-4-12)27(24,25)18-8-1-9-26-15-10-11(16(20)21)2-7-14(15)19(22)23/h2-7,10,18H,1,8-9H2,(H,20,21). The number of carbonyl (C=O) groups is 1. The first-order valence-electron chi connectivity index (χ1n) is 7.60. The molecule has 0 saturated heterocycles. The van der Waals surface area contributed by atoms with Gasteiger partial charge in [-0.25, -0.2) is 17.9 Å². The maximum atomic E-state index is 12.1. The van der Waals surface area contributed by atoms with E-state index in [1.807, 2.05) is 0 Å². The second kappa shape index (κ2) is 8.80. The fourth-order valence-electron chi connectivity index (χ4n) is 2.07. The summed E-state index contributed by atoms with van der Waals surface area (Å²) in [5.74, 6) is -1.44. The van der Waals surface area contributed by atoms with Crippen LogP contribution in [0.1, 0.15) is 16.8 Å². The van der Waals surface area contributed by atoms with Crippen molar-refractivity contribution < 1.29 is 28.0 Å². The molecule has 2 aromatic rings. The van der Waals surface area contributed by atoms with E-state index in [4.69, 9.17) is 21.4 Å². The molecule has 144 valence electrons. The van der Waals surface area contributed by atoms with Gasteiger partial charge < -0.3 is 9.84 Å². The van der Waals surface area contributed by atoms with Crippen LogP contribution in [0, 0.1) is 10.1 Å². The summed E-state index contributed by atoms with van der Waals surface area (Å²) < 4.78 is 31.8. The number of carboxylic acid groups (broad SMARTS) is 1. The van der Waals surface area contributed by atoms with Gasteiger partial charge in [0.05, 0.1) is 22.0 Å². The lowest BCUT2D eigenvalue weighted by atomic mass is 10.2. The van der Waals surface area contributed by atoms with Gasteiger partial charge in [-0.05, 0) is 36.8 Å². The normalized spacial score (nSPS) is 11.1. The van der Waals surface area contributed by atoms with Crippen LogP contribution < -0.4 is 9.46 Å². The number of rotatable bonds is 9. The van der Waals surface area contributed by atoms with Crippen LogP contribution in [0.15, 0.2) is 47.4 Å². The third-order valence-corrected chi connectivity index (χ3v) is 5.13. The van der Waals surface area contributed by atoms with Crippen LogP contribution in [0.4, 0.5) is 5.69 Å². The summed E-state index contributed by atoms with van der Waals surface area (Å²) in [4.78, 5) is 21.3. The average Bonchev–Trinajstić information content (AvgIpc) is 2.61. The SMILES string of the molecule is O=C(O)c1ccc([N+](=O)[O-])c(OCCCNS(=O)(=O)c2ccc(Cl)cc2)c1. The molecule has 0 aliphatic carbocycles. The monoisotopic (exact) mass is 414 g/mol. The quantitative estimate of drug-likeness (QED) is 0.365. The van der Waals surface area contributed by atoms with E-state index in [0.29, 0.717) is 5.02 Å². The van der Waals surface area contributed by atoms with E-state index in [0.717, 1.165) is 18.2 Å². The fourth-order valence-corrected chi connectivity index (χ4v) is 3.27. The Balaban J connectivity index is 1.93. The third-order valence-electron chi connectivity index (χ3n) is 3.40. The van der Waals surface area contributed by atoms with E-state index in [1.165, 1.54) is 24.3 Å². The topological polar surface area (TPSA) is 136 Å². The maximum Gasteiger partial charge on any atom is 0.335 e. The van der Waals surface area contributed by atoms with Crippen LogP contribution in [0.5, 0.6) is 5.75 Å². The highest BCUT2D eigenvalue weighted by Gasteiger charge is 2.18. The molecule has 0 saturated carbocycles. The number of halogens is 1. The van der Waals surface area contributed by atoms with Crippen LogP contribution in [-0.4, -0.2) is 37.6 Å². The summed E-state index contributed by atoms with van der Waals surface area (Å²) in [5, 5.41) is 20.3. The number of nitrogens with one attached hydrogen (secondary N) is 1. The number of aromatic carboxylic acids is 1. The van der Waals surface area contributed by atoms with Crippen molar-refractivity contribution in [3.63, 3.8) is 0 Å². The zero-order valence-corrected chi connectivity index (χ0v) is 15.4. The summed E-state index contributed by atoms with van der Waals surface area (Å²) in [6.45, 7) is -0.0234. The lowest BCUT2D eigenvalue weighted by Crippen LogP contribution is -2.25. The largest absolute Gasteiger partial charge is 0.487 e. The molecule has 0 spiro atoms. The van der Waals surface area contributed by atoms with E-state index in [-0.39, 0.29) is 41.5 Å². The Morgan fingerprint density at radius 1 is 1.22 bits per heavy atom. The molecule has 11 heteroatoms. The summed E-state index contributed by atoms with van der Waals surface area (Å²) in [6, 6.07) is 8.83. The number of hydrogen-bond acceptors (Lipinski definition) is 6. The first-order chi connectivity index (χ1) is 12.7. The van der Waals surface area contributed by atoms with Crippen molar-refractivity contribution in [1.29, 1.82) is 0 Å². The van der Waals surface area contributed by atoms with Crippen LogP contribution in [0.25, 0.3) is 0 Å². The highest BCUT2D eigenvalue weighted by Crippen LogP contribution is 2.28. The van der Waals surface area contributed by atoms with Crippen molar-refractivity contribution in [2.75, 3.05) is 13.2 Å². The minimum absolute atomic E-state index is 0.0252. The highest BCUT2D eigenvalue weighted by molar-refractivity contribution is 7.89. The van der Waals surface area contributed by atoms with E-state index in [2.05, 4.69) is 4.72 Å². The Labute approximate surface area is 159 Å². The number of hydrogen-bond donors (Lipinski definition) is 2. The fraction of sp³-hybridized carbons (Fsp3) is 0.188. The number of ether oxygens (including phenoxy) is 1. The van der Waals surface area contributed by atoms with E-state index in [1.54, 1.807) is 0 Å². The summed E-state index contributed by atoms with van der Waals surface area (Å²) in [5.41, 5.74) is -0.527. The van der Waals surface area contributed by atoms with Gasteiger partial charge in [0.25, 0.3) is 0 Å². The minimum Gasteiger partial charge on any atom is -0.487 e. The summed E-state index contributed by atoms with van der Waals surface area (Å²) >= 11 is 5.71. The van der Waals surface area contributed by atoms with Crippen molar-refractivity contribution in [2.24, 2.45) is 0 Å². The van der Waals surface area contributed by atoms with Crippen LogP contribution in [-0.2, 0) is 10.0 Å². The Hall–Kier alpha value is -2.69. The zero-order chi connectivity index (χ0) is 20.0. The highest BCUT2D eigenvalue weighted by atomic mass is 35.5. The molecule has 2 aromatic carbocycles. The lowest BCUT2D eigenvalue weighted by molar-refractivity contribution is -0.385. The van der Waals surface area contributed by atoms with Gasteiger partial charge in [-0.3, -0.25) is 10.1 Å². The molecule has 0 aromatic heterocycles. The maximum absolute atomic E-state index is 12.1. The van der Waals surface area contributed by atoms with Crippen LogP contribution in [0.3, 0.4) is 0 Å². The molecular formula is C16H15ClN2O7S. The Morgan fingerprint density at radius 2 is 1.89 bits per heavy atom. The molecule has 0 unspecified atom stereocenters. The molecule has 0 bridgehead atoms. The van der Waals surface area contributed by atoms with Gasteiger partial charge in [0.2, 0.25) is 10.0 Å². The van der Waals surface area contributed by atoms with Gasteiger partial charge in [-0.2, -0.15) is 0 Å². The number of benzene rings is 2. The van der Waals surface area contributed by atoms with Crippen molar-refractivity contribution in [3.05, 3.63) is 63.2 Å². The second-order valence-corrected chi connectivity index (χ2v) is 7.50. The van der Waals surface area contributed by atoms with Gasteiger partial charge in [-0.15, -0.1) is 0 Å². The Morgan fingerprint density at radius 3 is 2.48 bits per heavy atom. The number of nitro benzene ring substituents is 1. The number of nitrogens with zero attached hydrogens (tertiary/aromatic N) is 1. The van der Waals surface area contributed by atoms with Crippen molar-refractivity contribution in [3.8, 4) is 5.75 Å². The predicted octanol–water partition coefficient (Wildman–Crippen LogP) is 2.69. The minimum atomic E-state index is -3.71. The molecule has 2 rings (SSSR count). The number of nitro groups is 1. The number of carboxylic acids is 1. The number of sulfonamides is 1. The van der Waals surface area contributed by atoms with Crippen molar-refractivity contribution >= 4 is 33.3 Å². The molecular weight excluding hydrogens is 400 g/mol. The molecule has 0 radical (unpaired) electrons. The molecule has 2 N–H and O–H groups in total. The van der Waals surface area contributed by atoms with Gasteiger partial charge in [0.1, 0.15) is 0 Å². The summed E-state index contributed by atoms with van der Waals surface area (Å²) in [7, 11) is -3.71. The lowest BCUT2D eigenvalue weighted by Gasteiger charge is -2.09. The smallest absolute Gasteiger partial charge is 0.335 e. The van der Waals surface area contributed by atoms with E-state index in [9.17, 15) is 23.3 Å². The first-order valence-corrected chi connectivity index (χ1v) is 9.46.